The summed E-state index contributed by atoms with van der Waals surface area (Å²) >= 11 is 0. The zero-order valence-electron chi connectivity index (χ0n) is 34.7. The van der Waals surface area contributed by atoms with Gasteiger partial charge in [-0.25, -0.2) is 0 Å². The topological polar surface area (TPSA) is 139 Å². The molecule has 1 aromatic rings. The summed E-state index contributed by atoms with van der Waals surface area (Å²) in [6, 6.07) is 4.00. The van der Waals surface area contributed by atoms with E-state index in [1.807, 2.05) is 12.1 Å². The zero-order valence-corrected chi connectivity index (χ0v) is 34.7. The molecule has 0 heterocycles. The van der Waals surface area contributed by atoms with Gasteiger partial charge in [-0.3, -0.25) is 4.79 Å². The van der Waals surface area contributed by atoms with Crippen molar-refractivity contribution < 1.29 is 62.0 Å². The Labute approximate surface area is 325 Å². The molecule has 1 N–H and O–H groups in total. The summed E-state index contributed by atoms with van der Waals surface area (Å²) in [5.41, 5.74) is 2.36. The van der Waals surface area contributed by atoms with Crippen molar-refractivity contribution in [2.75, 3.05) is 139 Å². The number of unbranched alkanes of at least 4 members (excludes halogenated alkanes) is 1. The average Bonchev–Trinajstić information content (AvgIpc) is 3.12. The predicted molar refractivity (Wildman–Crippen MR) is 208 cm³/mol. The van der Waals surface area contributed by atoms with Crippen molar-refractivity contribution in [1.82, 2.24) is 0 Å². The first-order valence-electron chi connectivity index (χ1n) is 19.8. The van der Waals surface area contributed by atoms with E-state index in [-0.39, 0.29) is 29.8 Å². The molecule has 1 rings (SSSR count). The van der Waals surface area contributed by atoms with Gasteiger partial charge in [-0.2, -0.15) is 0 Å². The molecule has 1 aromatic carbocycles. The smallest absolute Gasteiger partial charge is 0.306 e. The molecule has 0 radical (unpaired) electrons. The van der Waals surface area contributed by atoms with Gasteiger partial charge >= 0.3 is 5.97 Å². The fourth-order valence-corrected chi connectivity index (χ4v) is 4.84. The summed E-state index contributed by atoms with van der Waals surface area (Å²) in [7, 11) is 0. The number of aromatic hydroxyl groups is 1. The number of ether oxygens (including phenoxy) is 11. The highest BCUT2D eigenvalue weighted by molar-refractivity contribution is 5.69. The molecule has 0 unspecified atom stereocenters. The summed E-state index contributed by atoms with van der Waals surface area (Å²) in [5, 5.41) is 10.9. The molecular weight excluding hydrogens is 700 g/mol. The molecule has 0 bridgehead atoms. The maximum Gasteiger partial charge on any atom is 0.306 e. The maximum atomic E-state index is 12.3. The molecule has 0 spiro atoms. The number of aryl methyl sites for hydroxylation is 1. The normalized spacial score (nSPS) is 12.1. The Kier molecular flexibility index (Phi) is 29.9. The Morgan fingerprint density at radius 1 is 0.481 bits per heavy atom. The van der Waals surface area contributed by atoms with E-state index < -0.39 is 0 Å². The molecule has 0 saturated carbocycles. The van der Waals surface area contributed by atoms with E-state index in [0.717, 1.165) is 36.1 Å². The fraction of sp³-hybridized carbons (Fsp3) is 0.829. The van der Waals surface area contributed by atoms with Crippen molar-refractivity contribution in [2.45, 2.75) is 85.0 Å². The van der Waals surface area contributed by atoms with Crippen molar-refractivity contribution in [3.8, 4) is 5.75 Å². The number of carbonyl (C=O) groups excluding carboxylic acids is 1. The highest BCUT2D eigenvalue weighted by atomic mass is 16.6. The second kappa shape index (κ2) is 32.2. The lowest BCUT2D eigenvalue weighted by atomic mass is 9.78. The van der Waals surface area contributed by atoms with E-state index in [0.29, 0.717) is 138 Å². The van der Waals surface area contributed by atoms with E-state index in [2.05, 4.69) is 48.5 Å². The van der Waals surface area contributed by atoms with Crippen molar-refractivity contribution in [1.29, 1.82) is 0 Å². The van der Waals surface area contributed by atoms with Crippen LogP contribution >= 0.6 is 0 Å². The lowest BCUT2D eigenvalue weighted by Crippen LogP contribution is -2.18. The van der Waals surface area contributed by atoms with Gasteiger partial charge in [0.15, 0.2) is 0 Å². The lowest BCUT2D eigenvalue weighted by molar-refractivity contribution is -0.145. The molecule has 0 saturated heterocycles. The van der Waals surface area contributed by atoms with Crippen molar-refractivity contribution in [3.05, 3.63) is 28.8 Å². The standard InChI is InChI=1S/C41H74O13/c1-8-9-12-44-13-14-45-15-16-46-17-18-47-19-20-48-21-22-49-23-24-50-25-26-51-27-28-52-29-30-53-31-32-54-38(42)11-10-35-33-36(40(2,3)4)39(43)37(34-35)41(5,6)7/h33-34,43H,8-32H2,1-7H3. The van der Waals surface area contributed by atoms with Gasteiger partial charge in [-0.1, -0.05) is 67.0 Å². The molecule has 316 valence electrons. The van der Waals surface area contributed by atoms with Gasteiger partial charge in [0, 0.05) is 13.0 Å². The highest BCUT2D eigenvalue weighted by Gasteiger charge is 2.26. The minimum absolute atomic E-state index is 0.192. The third kappa shape index (κ3) is 27.6. The van der Waals surface area contributed by atoms with Gasteiger partial charge in [-0.15, -0.1) is 0 Å². The maximum absolute atomic E-state index is 12.3. The van der Waals surface area contributed by atoms with Gasteiger partial charge in [0.2, 0.25) is 0 Å². The second-order valence-corrected chi connectivity index (χ2v) is 14.7. The number of carbonyl (C=O) groups is 1. The molecule has 0 aliphatic rings. The van der Waals surface area contributed by atoms with Crippen LogP contribution in [-0.4, -0.2) is 150 Å². The van der Waals surface area contributed by atoms with Crippen LogP contribution in [0, 0.1) is 0 Å². The quantitative estimate of drug-likeness (QED) is 0.0686. The van der Waals surface area contributed by atoms with Gasteiger partial charge in [0.05, 0.1) is 126 Å². The molecule has 54 heavy (non-hydrogen) atoms. The largest absolute Gasteiger partial charge is 0.507 e. The van der Waals surface area contributed by atoms with Crippen LogP contribution in [0.15, 0.2) is 12.1 Å². The van der Waals surface area contributed by atoms with Gasteiger partial charge in [0.25, 0.3) is 0 Å². The minimum Gasteiger partial charge on any atom is -0.507 e. The molecule has 0 fully saturated rings. The first kappa shape index (κ1) is 50.1. The number of hydrogen-bond acceptors (Lipinski definition) is 13. The Bertz CT molecular complexity index is 1000. The van der Waals surface area contributed by atoms with Crippen molar-refractivity contribution in [3.63, 3.8) is 0 Å². The van der Waals surface area contributed by atoms with Crippen LogP contribution in [-0.2, 0) is 74.2 Å². The number of hydrogen-bond donors (Lipinski definition) is 1. The van der Waals surface area contributed by atoms with Crippen LogP contribution in [0.25, 0.3) is 0 Å². The Hall–Kier alpha value is -1.91. The third-order valence-electron chi connectivity index (χ3n) is 7.88. The Morgan fingerprint density at radius 2 is 0.759 bits per heavy atom. The Balaban J connectivity index is 1.83. The third-order valence-corrected chi connectivity index (χ3v) is 7.88. The number of esters is 1. The van der Waals surface area contributed by atoms with Gasteiger partial charge < -0.3 is 57.2 Å². The summed E-state index contributed by atoms with van der Waals surface area (Å²) in [6.45, 7) is 25.0. The molecule has 13 heteroatoms. The molecule has 0 amide bonds. The van der Waals surface area contributed by atoms with E-state index in [1.54, 1.807) is 0 Å². The van der Waals surface area contributed by atoms with Gasteiger partial charge in [-0.05, 0) is 40.4 Å². The number of phenolic OH excluding ortho intramolecular Hbond substituents is 1. The van der Waals surface area contributed by atoms with Crippen LogP contribution in [0.5, 0.6) is 5.75 Å². The first-order valence-corrected chi connectivity index (χ1v) is 19.8. The molecule has 0 aliphatic heterocycles. The van der Waals surface area contributed by atoms with Crippen LogP contribution < -0.4 is 0 Å². The average molecular weight is 775 g/mol. The first-order chi connectivity index (χ1) is 26.0. The minimum atomic E-state index is -0.274. The SMILES string of the molecule is CCCCOCCOCCOCCOCCOCCOCCOCCOCCOCCOCCOC(=O)CCc1cc(C(C)(C)C)c(O)c(C(C)(C)C)c1. The van der Waals surface area contributed by atoms with E-state index in [4.69, 9.17) is 52.1 Å². The van der Waals surface area contributed by atoms with Crippen LogP contribution in [0.2, 0.25) is 0 Å². The van der Waals surface area contributed by atoms with Crippen molar-refractivity contribution in [2.24, 2.45) is 0 Å². The fourth-order valence-electron chi connectivity index (χ4n) is 4.84. The summed E-state index contributed by atoms with van der Waals surface area (Å²) in [5.74, 6) is 0.0653. The molecule has 0 aliphatic carbocycles. The molecule has 0 atom stereocenters. The molecular formula is C41H74O13. The monoisotopic (exact) mass is 775 g/mol. The lowest BCUT2D eigenvalue weighted by Gasteiger charge is -2.28. The number of phenols is 1. The van der Waals surface area contributed by atoms with Crippen LogP contribution in [0.4, 0.5) is 0 Å². The van der Waals surface area contributed by atoms with E-state index in [1.165, 1.54) is 0 Å². The zero-order chi connectivity index (χ0) is 39.8. The number of benzene rings is 1. The highest BCUT2D eigenvalue weighted by Crippen LogP contribution is 2.40. The Morgan fingerprint density at radius 3 is 1.04 bits per heavy atom. The second-order valence-electron chi connectivity index (χ2n) is 14.7. The summed E-state index contributed by atoms with van der Waals surface area (Å²) in [4.78, 5) is 12.3. The van der Waals surface area contributed by atoms with Crippen LogP contribution in [0.3, 0.4) is 0 Å². The van der Waals surface area contributed by atoms with Gasteiger partial charge in [0.1, 0.15) is 12.4 Å². The molecule has 0 aromatic heterocycles. The number of rotatable bonds is 36. The van der Waals surface area contributed by atoms with Crippen molar-refractivity contribution >= 4 is 5.97 Å². The van der Waals surface area contributed by atoms with E-state index >= 15 is 0 Å². The predicted octanol–water partition coefficient (Wildman–Crippen LogP) is 5.43. The summed E-state index contributed by atoms with van der Waals surface area (Å²) < 4.78 is 60.2. The molecule has 13 nitrogen and oxygen atoms in total. The van der Waals surface area contributed by atoms with Crippen LogP contribution in [0.1, 0.15) is 84.4 Å². The van der Waals surface area contributed by atoms with E-state index in [9.17, 15) is 9.90 Å². The summed E-state index contributed by atoms with van der Waals surface area (Å²) in [6.07, 6.45) is 3.04.